The lowest BCUT2D eigenvalue weighted by Crippen LogP contribution is -2.64. The van der Waals surface area contributed by atoms with E-state index in [0.717, 1.165) is 83.3 Å². The van der Waals surface area contributed by atoms with Crippen molar-refractivity contribution in [2.75, 3.05) is 25.4 Å². The van der Waals surface area contributed by atoms with Crippen LogP contribution in [0.2, 0.25) is 5.02 Å². The number of hydrogen-bond donors (Lipinski definition) is 2. The highest BCUT2D eigenvalue weighted by atomic mass is 35.5. The fraction of sp³-hybridized carbons (Fsp3) is 0.429. The lowest BCUT2D eigenvalue weighted by atomic mass is 9.61. The number of fused-ring (bicyclic) bond motifs is 1. The Labute approximate surface area is 226 Å². The predicted molar refractivity (Wildman–Crippen MR) is 148 cm³/mol. The lowest BCUT2D eigenvalue weighted by Gasteiger charge is -2.58. The second kappa shape index (κ2) is 9.31. The fourth-order valence-electron chi connectivity index (χ4n) is 6.02. The number of H-pyrrole nitrogens is 1. The minimum atomic E-state index is -0.193. The van der Waals surface area contributed by atoms with E-state index in [-0.39, 0.29) is 17.6 Å². The summed E-state index contributed by atoms with van der Waals surface area (Å²) in [5.74, 6) is 0.459. The molecule has 1 aromatic carbocycles. The number of aryl methyl sites for hydroxylation is 1. The Morgan fingerprint density at radius 1 is 1.24 bits per heavy atom. The number of halogens is 1. The number of nitrogen functional groups attached to an aromatic ring is 1. The Balaban J connectivity index is 1.33. The molecule has 2 fully saturated rings. The molecule has 1 spiro atoms. The number of carbonyl (C=O) groups excluding carboxylic acids is 1. The maximum Gasteiger partial charge on any atom is 0.409 e. The highest BCUT2D eigenvalue weighted by molar-refractivity contribution is 6.36. The van der Waals surface area contributed by atoms with Crippen molar-refractivity contribution in [2.45, 2.75) is 52.5 Å². The fourth-order valence-corrected chi connectivity index (χ4v) is 6.28. The number of likely N-dealkylation sites (tertiary alicyclic amines) is 1. The van der Waals surface area contributed by atoms with Gasteiger partial charge in [0.15, 0.2) is 0 Å². The number of aromatic nitrogens is 5. The van der Waals surface area contributed by atoms with Crippen LogP contribution in [0.5, 0.6) is 0 Å². The zero-order valence-corrected chi connectivity index (χ0v) is 22.7. The first-order valence-corrected chi connectivity index (χ1v) is 13.5. The number of hydrogen-bond acceptors (Lipinski definition) is 6. The third-order valence-corrected chi connectivity index (χ3v) is 8.53. The van der Waals surface area contributed by atoms with Crippen molar-refractivity contribution >= 4 is 34.4 Å². The number of anilines is 1. The van der Waals surface area contributed by atoms with Crippen LogP contribution in [0.1, 0.15) is 49.9 Å². The third kappa shape index (κ3) is 4.00. The number of nitrogens with zero attached hydrogens (tertiary/aromatic N) is 5. The summed E-state index contributed by atoms with van der Waals surface area (Å²) >= 11 is 6.96. The number of nitrogens with one attached hydrogen (secondary N) is 1. The molecule has 1 aliphatic heterocycles. The monoisotopic (exact) mass is 533 g/mol. The van der Waals surface area contributed by atoms with Crippen LogP contribution < -0.4 is 5.73 Å². The molecule has 0 radical (unpaired) electrons. The first-order valence-electron chi connectivity index (χ1n) is 13.2. The van der Waals surface area contributed by atoms with Crippen LogP contribution in [0.3, 0.4) is 0 Å². The number of rotatable bonds is 6. The van der Waals surface area contributed by atoms with Crippen molar-refractivity contribution in [3.05, 3.63) is 46.9 Å². The van der Waals surface area contributed by atoms with E-state index < -0.39 is 0 Å². The second-order valence-electron chi connectivity index (χ2n) is 10.8. The molecule has 9 nitrogen and oxygen atoms in total. The molecular formula is C28H32ClN7O2. The van der Waals surface area contributed by atoms with Gasteiger partial charge < -0.3 is 15.4 Å². The Morgan fingerprint density at radius 2 is 2.03 bits per heavy atom. The highest BCUT2D eigenvalue weighted by Crippen LogP contribution is 2.55. The van der Waals surface area contributed by atoms with Crippen molar-refractivity contribution in [2.24, 2.45) is 5.41 Å². The van der Waals surface area contributed by atoms with Gasteiger partial charge in [-0.2, -0.15) is 10.2 Å². The molecule has 3 N–H and O–H groups in total. The smallest absolute Gasteiger partial charge is 0.409 e. The maximum atomic E-state index is 12.3. The summed E-state index contributed by atoms with van der Waals surface area (Å²) in [5.41, 5.74) is 12.6. The van der Waals surface area contributed by atoms with Crippen LogP contribution in [0.15, 0.2) is 30.6 Å². The molecule has 2 aliphatic rings. The van der Waals surface area contributed by atoms with Gasteiger partial charge in [0.25, 0.3) is 0 Å². The SMILES string of the molecule is CCCCOC(=O)N1CC2(CC(n3nc(-c4ccc(N)nc4)c(-c4c(Cl)c(C)cc5[nH]ncc45)c3C)C2)C1. The molecule has 10 heteroatoms. The minimum absolute atomic E-state index is 0.148. The zero-order chi connectivity index (χ0) is 26.6. The van der Waals surface area contributed by atoms with Gasteiger partial charge in [0.2, 0.25) is 0 Å². The van der Waals surface area contributed by atoms with E-state index in [1.165, 1.54) is 0 Å². The number of unbranched alkanes of at least 4 members (excludes halogenated alkanes) is 1. The molecule has 6 rings (SSSR count). The molecule has 1 saturated heterocycles. The second-order valence-corrected chi connectivity index (χ2v) is 11.2. The lowest BCUT2D eigenvalue weighted by molar-refractivity contribution is -0.0825. The van der Waals surface area contributed by atoms with Crippen molar-refractivity contribution in [3.63, 3.8) is 0 Å². The summed E-state index contributed by atoms with van der Waals surface area (Å²) in [4.78, 5) is 18.5. The first-order chi connectivity index (χ1) is 18.3. The van der Waals surface area contributed by atoms with Crippen LogP contribution in [0, 0.1) is 19.3 Å². The van der Waals surface area contributed by atoms with Gasteiger partial charge in [-0.15, -0.1) is 0 Å². The predicted octanol–water partition coefficient (Wildman–Crippen LogP) is 5.91. The van der Waals surface area contributed by atoms with Crippen LogP contribution in [0.4, 0.5) is 10.6 Å². The molecule has 198 valence electrons. The third-order valence-electron chi connectivity index (χ3n) is 8.04. The molecule has 4 aromatic rings. The average molecular weight is 534 g/mol. The number of nitrogens with two attached hydrogens (primary N) is 1. The van der Waals surface area contributed by atoms with Crippen LogP contribution in [-0.4, -0.2) is 55.7 Å². The quantitative estimate of drug-likeness (QED) is 0.297. The Morgan fingerprint density at radius 3 is 2.74 bits per heavy atom. The van der Waals surface area contributed by atoms with Gasteiger partial charge in [0.05, 0.1) is 29.4 Å². The van der Waals surface area contributed by atoms with Crippen molar-refractivity contribution in [3.8, 4) is 22.4 Å². The number of amides is 1. The van der Waals surface area contributed by atoms with Crippen molar-refractivity contribution in [1.82, 2.24) is 29.9 Å². The average Bonchev–Trinajstić information content (AvgIpc) is 3.43. The Kier molecular flexibility index (Phi) is 6.06. The molecule has 1 saturated carbocycles. The van der Waals surface area contributed by atoms with Crippen molar-refractivity contribution in [1.29, 1.82) is 0 Å². The summed E-state index contributed by atoms with van der Waals surface area (Å²) in [6, 6.07) is 6.00. The molecule has 1 aliphatic carbocycles. The number of benzene rings is 1. The first kappa shape index (κ1) is 24.7. The molecule has 3 aromatic heterocycles. The van der Waals surface area contributed by atoms with Gasteiger partial charge in [-0.25, -0.2) is 9.78 Å². The summed E-state index contributed by atoms with van der Waals surface area (Å²) in [6.07, 6.45) is 7.23. The van der Waals surface area contributed by atoms with E-state index in [4.69, 9.17) is 27.2 Å². The maximum absolute atomic E-state index is 12.3. The van der Waals surface area contributed by atoms with Gasteiger partial charge in [-0.1, -0.05) is 24.9 Å². The highest BCUT2D eigenvalue weighted by Gasteiger charge is 2.55. The molecule has 0 unspecified atom stereocenters. The van der Waals surface area contributed by atoms with E-state index in [0.29, 0.717) is 17.4 Å². The molecule has 1 amide bonds. The summed E-state index contributed by atoms with van der Waals surface area (Å²) in [7, 11) is 0. The van der Waals surface area contributed by atoms with Crippen LogP contribution in [0.25, 0.3) is 33.3 Å². The molecule has 4 heterocycles. The topological polar surface area (TPSA) is 115 Å². The Bertz CT molecular complexity index is 1510. The minimum Gasteiger partial charge on any atom is -0.449 e. The molecule has 38 heavy (non-hydrogen) atoms. The van der Waals surface area contributed by atoms with Crippen molar-refractivity contribution < 1.29 is 9.53 Å². The van der Waals surface area contributed by atoms with Crippen LogP contribution in [-0.2, 0) is 4.74 Å². The van der Waals surface area contributed by atoms with Gasteiger partial charge in [-0.05, 0) is 56.9 Å². The molecular weight excluding hydrogens is 502 g/mol. The summed E-state index contributed by atoms with van der Waals surface area (Å²) < 4.78 is 7.53. The standard InChI is InChI=1S/C28H32ClN7O2/c1-4-5-8-38-27(37)35-14-28(15-35)10-19(11-28)36-17(3)23(26(34-36)18-6-7-22(30)31-12-18)24-20-13-32-33-21(20)9-16(2)25(24)29/h6-7,9,12-13,19H,4-5,8,10-11,14-15H2,1-3H3,(H2,30,31)(H,32,33). The van der Waals surface area contributed by atoms with E-state index >= 15 is 0 Å². The van der Waals surface area contributed by atoms with Gasteiger partial charge >= 0.3 is 6.09 Å². The van der Waals surface area contributed by atoms with E-state index in [1.807, 2.05) is 30.2 Å². The van der Waals surface area contributed by atoms with Gasteiger partial charge in [-0.3, -0.25) is 9.78 Å². The number of pyridine rings is 1. The largest absolute Gasteiger partial charge is 0.449 e. The number of carbonyl (C=O) groups is 1. The number of aromatic amines is 1. The number of ether oxygens (including phenoxy) is 1. The van der Waals surface area contributed by atoms with E-state index in [2.05, 4.69) is 33.7 Å². The normalized spacial score (nSPS) is 16.6. The summed E-state index contributed by atoms with van der Waals surface area (Å²) in [5, 5.41) is 14.1. The molecule has 0 bridgehead atoms. The van der Waals surface area contributed by atoms with Gasteiger partial charge in [0, 0.05) is 52.5 Å². The summed E-state index contributed by atoms with van der Waals surface area (Å²) in [6.45, 7) is 8.17. The van der Waals surface area contributed by atoms with E-state index in [1.54, 1.807) is 12.3 Å². The Hall–Kier alpha value is -3.59. The van der Waals surface area contributed by atoms with Gasteiger partial charge in [0.1, 0.15) is 11.5 Å². The van der Waals surface area contributed by atoms with E-state index in [9.17, 15) is 4.79 Å². The van der Waals surface area contributed by atoms with Crippen LogP contribution >= 0.6 is 11.6 Å². The zero-order valence-electron chi connectivity index (χ0n) is 21.9. The molecule has 0 atom stereocenters.